The standard InChI is InChI=1S/C52H97NO5/c1-3-5-7-9-11-13-15-17-18-19-20-21-23-24-28-32-36-40-44-50(55)49(48-54)53-51(56)45-41-37-33-29-26-27-31-35-39-43-47-58-52(57)46-42-38-34-30-25-22-16-14-12-10-8-6-4-2/h8,10,14,16,27,31,49-50,54-55H,3-7,9,11-13,15,17-26,28-30,32-48H2,1-2H3,(H,53,56)/b10-8-,16-14-,31-27-. The van der Waals surface area contributed by atoms with Crippen LogP contribution >= 0.6 is 0 Å². The van der Waals surface area contributed by atoms with Crippen molar-refractivity contribution in [1.29, 1.82) is 0 Å². The van der Waals surface area contributed by atoms with Gasteiger partial charge in [0.05, 0.1) is 25.4 Å². The van der Waals surface area contributed by atoms with E-state index in [4.69, 9.17) is 4.74 Å². The number of carbonyl (C=O) groups is 2. The second-order valence-electron chi connectivity index (χ2n) is 17.1. The van der Waals surface area contributed by atoms with Crippen LogP contribution in [-0.2, 0) is 14.3 Å². The Balaban J connectivity index is 3.55. The molecular formula is C52H97NO5. The average Bonchev–Trinajstić information content (AvgIpc) is 3.22. The Labute approximate surface area is 360 Å². The predicted octanol–water partition coefficient (Wildman–Crippen LogP) is 14.9. The number of aliphatic hydroxyl groups excluding tert-OH is 2. The molecule has 6 heteroatoms. The smallest absolute Gasteiger partial charge is 0.305 e. The van der Waals surface area contributed by atoms with E-state index in [2.05, 4.69) is 55.6 Å². The zero-order valence-corrected chi connectivity index (χ0v) is 38.5. The molecule has 3 N–H and O–H groups in total. The van der Waals surface area contributed by atoms with E-state index in [-0.39, 0.29) is 18.5 Å². The lowest BCUT2D eigenvalue weighted by Gasteiger charge is -2.22. The normalized spacial score (nSPS) is 13.0. The van der Waals surface area contributed by atoms with Crippen LogP contribution in [0, 0.1) is 0 Å². The van der Waals surface area contributed by atoms with E-state index in [1.165, 1.54) is 135 Å². The Morgan fingerprint density at radius 1 is 0.483 bits per heavy atom. The maximum atomic E-state index is 12.4. The van der Waals surface area contributed by atoms with E-state index in [1.807, 2.05) is 0 Å². The summed E-state index contributed by atoms with van der Waals surface area (Å²) in [7, 11) is 0. The molecule has 0 fully saturated rings. The van der Waals surface area contributed by atoms with Gasteiger partial charge in [0, 0.05) is 12.8 Å². The first-order valence-electron chi connectivity index (χ1n) is 25.2. The van der Waals surface area contributed by atoms with Crippen molar-refractivity contribution < 1.29 is 24.5 Å². The number of rotatable bonds is 46. The minimum Gasteiger partial charge on any atom is -0.466 e. The van der Waals surface area contributed by atoms with Crippen molar-refractivity contribution in [1.82, 2.24) is 5.32 Å². The average molecular weight is 816 g/mol. The van der Waals surface area contributed by atoms with Crippen LogP contribution in [0.1, 0.15) is 258 Å². The molecule has 0 aliphatic rings. The number of hydrogen-bond acceptors (Lipinski definition) is 5. The molecule has 0 aliphatic heterocycles. The van der Waals surface area contributed by atoms with Crippen LogP contribution in [0.15, 0.2) is 36.5 Å². The zero-order chi connectivity index (χ0) is 42.3. The third-order valence-corrected chi connectivity index (χ3v) is 11.4. The number of amides is 1. The first-order valence-corrected chi connectivity index (χ1v) is 25.2. The maximum Gasteiger partial charge on any atom is 0.305 e. The van der Waals surface area contributed by atoms with E-state index in [0.29, 0.717) is 25.9 Å². The summed E-state index contributed by atoms with van der Waals surface area (Å²) < 4.78 is 5.41. The molecule has 2 unspecified atom stereocenters. The first kappa shape index (κ1) is 56.1. The molecule has 0 saturated carbocycles. The van der Waals surface area contributed by atoms with Gasteiger partial charge in [0.15, 0.2) is 0 Å². The van der Waals surface area contributed by atoms with Crippen LogP contribution in [0.5, 0.6) is 0 Å². The summed E-state index contributed by atoms with van der Waals surface area (Å²) in [5.74, 6) is -0.124. The molecule has 0 bridgehead atoms. The van der Waals surface area contributed by atoms with Gasteiger partial charge in [-0.15, -0.1) is 0 Å². The summed E-state index contributed by atoms with van der Waals surface area (Å²) in [6.45, 7) is 4.79. The van der Waals surface area contributed by atoms with E-state index in [0.717, 1.165) is 89.9 Å². The van der Waals surface area contributed by atoms with E-state index < -0.39 is 12.1 Å². The number of unbranched alkanes of at least 4 members (excludes halogenated alkanes) is 29. The summed E-state index contributed by atoms with van der Waals surface area (Å²) in [6.07, 6.45) is 56.8. The number of aliphatic hydroxyl groups is 2. The van der Waals surface area contributed by atoms with Gasteiger partial charge in [-0.25, -0.2) is 0 Å². The fourth-order valence-corrected chi connectivity index (χ4v) is 7.49. The SMILES string of the molecule is CCC/C=C\C/C=C\CCCCCCCC(=O)OCCCC/C=C\CCCCCCC(=O)NC(CO)C(O)CCCCCCCCCCCCCCCCCCCC. The highest BCUT2D eigenvalue weighted by Crippen LogP contribution is 2.16. The van der Waals surface area contributed by atoms with Gasteiger partial charge < -0.3 is 20.3 Å². The molecular weight excluding hydrogens is 719 g/mol. The Bertz CT molecular complexity index is 946. The minimum atomic E-state index is -0.687. The van der Waals surface area contributed by atoms with Crippen molar-refractivity contribution in [3.63, 3.8) is 0 Å². The van der Waals surface area contributed by atoms with Crippen molar-refractivity contribution in [3.8, 4) is 0 Å². The summed E-state index contributed by atoms with van der Waals surface area (Å²) in [5.41, 5.74) is 0. The molecule has 0 aliphatic carbocycles. The second-order valence-corrected chi connectivity index (χ2v) is 17.1. The first-order chi connectivity index (χ1) is 28.5. The van der Waals surface area contributed by atoms with Gasteiger partial charge >= 0.3 is 5.97 Å². The zero-order valence-electron chi connectivity index (χ0n) is 38.5. The maximum absolute atomic E-state index is 12.4. The Morgan fingerprint density at radius 3 is 1.40 bits per heavy atom. The Hall–Kier alpha value is -1.92. The summed E-state index contributed by atoms with van der Waals surface area (Å²) in [5, 5.41) is 23.2. The van der Waals surface area contributed by atoms with Gasteiger partial charge in [-0.05, 0) is 77.0 Å². The van der Waals surface area contributed by atoms with E-state index in [1.54, 1.807) is 0 Å². The van der Waals surface area contributed by atoms with E-state index in [9.17, 15) is 19.8 Å². The monoisotopic (exact) mass is 816 g/mol. The highest BCUT2D eigenvalue weighted by Gasteiger charge is 2.20. The Morgan fingerprint density at radius 2 is 0.897 bits per heavy atom. The van der Waals surface area contributed by atoms with Gasteiger partial charge in [-0.1, -0.05) is 204 Å². The molecule has 0 saturated heterocycles. The molecule has 6 nitrogen and oxygen atoms in total. The van der Waals surface area contributed by atoms with Crippen LogP contribution < -0.4 is 5.32 Å². The van der Waals surface area contributed by atoms with Gasteiger partial charge in [-0.2, -0.15) is 0 Å². The van der Waals surface area contributed by atoms with Crippen LogP contribution in [0.4, 0.5) is 0 Å². The molecule has 0 rings (SSSR count). The fourth-order valence-electron chi connectivity index (χ4n) is 7.49. The molecule has 1 amide bonds. The van der Waals surface area contributed by atoms with Crippen LogP contribution in [0.2, 0.25) is 0 Å². The van der Waals surface area contributed by atoms with Crippen molar-refractivity contribution >= 4 is 11.9 Å². The lowest BCUT2D eigenvalue weighted by molar-refractivity contribution is -0.143. The summed E-state index contributed by atoms with van der Waals surface area (Å²) in [6, 6.07) is -0.568. The van der Waals surface area contributed by atoms with Crippen LogP contribution in [-0.4, -0.2) is 47.4 Å². The minimum absolute atomic E-state index is 0.0519. The van der Waals surface area contributed by atoms with Gasteiger partial charge in [0.2, 0.25) is 5.91 Å². The summed E-state index contributed by atoms with van der Waals surface area (Å²) in [4.78, 5) is 24.4. The van der Waals surface area contributed by atoms with Crippen molar-refractivity contribution in [2.45, 2.75) is 270 Å². The molecule has 0 aromatic carbocycles. The van der Waals surface area contributed by atoms with Gasteiger partial charge in [0.25, 0.3) is 0 Å². The molecule has 0 spiro atoms. The van der Waals surface area contributed by atoms with Crippen molar-refractivity contribution in [3.05, 3.63) is 36.5 Å². The van der Waals surface area contributed by atoms with Crippen LogP contribution in [0.3, 0.4) is 0 Å². The molecule has 2 atom stereocenters. The second kappa shape index (κ2) is 47.8. The molecule has 0 heterocycles. The highest BCUT2D eigenvalue weighted by atomic mass is 16.5. The highest BCUT2D eigenvalue weighted by molar-refractivity contribution is 5.76. The molecule has 340 valence electrons. The number of ether oxygens (including phenoxy) is 1. The number of allylic oxidation sites excluding steroid dienone is 6. The number of nitrogens with one attached hydrogen (secondary N) is 1. The summed E-state index contributed by atoms with van der Waals surface area (Å²) >= 11 is 0. The molecule has 0 radical (unpaired) electrons. The third-order valence-electron chi connectivity index (χ3n) is 11.4. The topological polar surface area (TPSA) is 95.9 Å². The third kappa shape index (κ3) is 43.7. The van der Waals surface area contributed by atoms with Crippen molar-refractivity contribution in [2.24, 2.45) is 0 Å². The molecule has 0 aromatic heterocycles. The lowest BCUT2D eigenvalue weighted by atomic mass is 10.0. The van der Waals surface area contributed by atoms with Crippen LogP contribution in [0.25, 0.3) is 0 Å². The quantitative estimate of drug-likeness (QED) is 0.0323. The van der Waals surface area contributed by atoms with Gasteiger partial charge in [-0.3, -0.25) is 9.59 Å². The number of hydrogen-bond donors (Lipinski definition) is 3. The predicted molar refractivity (Wildman–Crippen MR) is 250 cm³/mol. The van der Waals surface area contributed by atoms with E-state index >= 15 is 0 Å². The number of carbonyl (C=O) groups excluding carboxylic acids is 2. The lowest BCUT2D eigenvalue weighted by Crippen LogP contribution is -2.45. The number of esters is 1. The van der Waals surface area contributed by atoms with Gasteiger partial charge in [0.1, 0.15) is 0 Å². The Kier molecular flexibility index (Phi) is 46.2. The largest absolute Gasteiger partial charge is 0.466 e. The molecule has 0 aromatic rings. The van der Waals surface area contributed by atoms with Crippen molar-refractivity contribution in [2.75, 3.05) is 13.2 Å². The molecule has 58 heavy (non-hydrogen) atoms. The fraction of sp³-hybridized carbons (Fsp3) is 0.846.